The van der Waals surface area contributed by atoms with Gasteiger partial charge in [-0.25, -0.2) is 19.9 Å². The van der Waals surface area contributed by atoms with Gasteiger partial charge in [-0.3, -0.25) is 20.3 Å². The molecule has 334 valence electrons. The van der Waals surface area contributed by atoms with Crippen molar-refractivity contribution < 1.29 is 4.74 Å². The Labute approximate surface area is 367 Å². The predicted molar refractivity (Wildman–Crippen MR) is 251 cm³/mol. The lowest BCUT2D eigenvalue weighted by atomic mass is 10.1. The van der Waals surface area contributed by atoms with Crippen molar-refractivity contribution in [3.05, 3.63) is 152 Å². The van der Waals surface area contributed by atoms with E-state index in [2.05, 4.69) is 91.1 Å². The molecule has 18 nitrogen and oxygen atoms in total. The fourth-order valence-electron chi connectivity index (χ4n) is 4.50. The third kappa shape index (κ3) is 32.6. The van der Waals surface area contributed by atoms with E-state index in [0.29, 0.717) is 17.5 Å². The lowest BCUT2D eigenvalue weighted by Crippen LogP contribution is -2.29. The monoisotopic (exact) mass is 850 g/mol. The van der Waals surface area contributed by atoms with Gasteiger partial charge in [-0.1, -0.05) is 30.3 Å². The minimum Gasteiger partial charge on any atom is -0.399 e. The number of nitrogens with two attached hydrogens (primary N) is 4. The van der Waals surface area contributed by atoms with E-state index in [0.717, 1.165) is 58.4 Å². The fraction of sp³-hybridized carbons (Fsp3) is 0.341. The molecule has 5 aromatic heterocycles. The van der Waals surface area contributed by atoms with Crippen molar-refractivity contribution in [1.29, 1.82) is 0 Å². The summed E-state index contributed by atoms with van der Waals surface area (Å²) in [5, 5.41) is 18.8. The number of benzene rings is 1. The summed E-state index contributed by atoms with van der Waals surface area (Å²) in [6.07, 6.45) is 20.5. The van der Waals surface area contributed by atoms with Crippen LogP contribution in [-0.4, -0.2) is 101 Å². The summed E-state index contributed by atoms with van der Waals surface area (Å²) in [5.41, 5.74) is 25.3. The van der Waals surface area contributed by atoms with Crippen molar-refractivity contribution in [2.45, 2.75) is 32.4 Å². The van der Waals surface area contributed by atoms with Crippen molar-refractivity contribution in [3.63, 3.8) is 0 Å². The lowest BCUT2D eigenvalue weighted by Gasteiger charge is -2.09. The SMILES string of the molecule is C1CCNC1.C1CNC1.C1CNCN1.C1COCN1.Nc1cccnc1.Nc1ccncc1.Nc1ccncn1.Nc1ncccn1.c1ccc2c(c1)CNC2.c1ccncc1. The summed E-state index contributed by atoms with van der Waals surface area (Å²) in [5.74, 6) is 0.831. The van der Waals surface area contributed by atoms with Gasteiger partial charge in [0.15, 0.2) is 0 Å². The van der Waals surface area contributed by atoms with Crippen LogP contribution in [-0.2, 0) is 17.8 Å². The molecule has 4 fully saturated rings. The molecule has 14 N–H and O–H groups in total. The molecular formula is C44H67N17O. The van der Waals surface area contributed by atoms with Crippen LogP contribution in [0.3, 0.4) is 0 Å². The minimum absolute atomic E-state index is 0.322. The van der Waals surface area contributed by atoms with Crippen LogP contribution < -0.4 is 54.8 Å². The Hall–Kier alpha value is -6.25. The van der Waals surface area contributed by atoms with Crippen LogP contribution in [0, 0.1) is 0 Å². The summed E-state index contributed by atoms with van der Waals surface area (Å²) in [6, 6.07) is 24.7. The van der Waals surface area contributed by atoms with Crippen molar-refractivity contribution in [2.75, 3.05) is 88.8 Å². The maximum atomic E-state index is 5.32. The highest BCUT2D eigenvalue weighted by molar-refractivity contribution is 5.34. The number of nitrogens with zero attached hydrogens (tertiary/aromatic N) is 7. The third-order valence-corrected chi connectivity index (χ3v) is 7.92. The molecule has 1 aromatic carbocycles. The number of ether oxygens (including phenoxy) is 1. The lowest BCUT2D eigenvalue weighted by molar-refractivity contribution is 0.194. The molecule has 62 heavy (non-hydrogen) atoms. The van der Waals surface area contributed by atoms with Crippen molar-refractivity contribution in [2.24, 2.45) is 0 Å². The zero-order valence-electron chi connectivity index (χ0n) is 35.7. The molecule has 11 rings (SSSR count). The summed E-state index contributed by atoms with van der Waals surface area (Å²) in [4.78, 5) is 25.9. The molecule has 5 aliphatic rings. The fourth-order valence-corrected chi connectivity index (χ4v) is 4.50. The van der Waals surface area contributed by atoms with Gasteiger partial charge in [0.2, 0.25) is 5.95 Å². The quantitative estimate of drug-likeness (QED) is 0.105. The second kappa shape index (κ2) is 38.9. The molecule has 5 aliphatic heterocycles. The molecule has 0 saturated carbocycles. The van der Waals surface area contributed by atoms with Crippen LogP contribution in [0.25, 0.3) is 0 Å². The van der Waals surface area contributed by atoms with Gasteiger partial charge in [0.25, 0.3) is 0 Å². The van der Waals surface area contributed by atoms with E-state index in [1.54, 1.807) is 92.2 Å². The van der Waals surface area contributed by atoms with E-state index in [1.807, 2.05) is 18.2 Å². The zero-order chi connectivity index (χ0) is 44.2. The molecule has 10 heterocycles. The molecular weight excluding hydrogens is 783 g/mol. The molecule has 0 unspecified atom stereocenters. The number of anilines is 4. The maximum Gasteiger partial charge on any atom is 0.219 e. The van der Waals surface area contributed by atoms with E-state index in [9.17, 15) is 0 Å². The zero-order valence-corrected chi connectivity index (χ0v) is 35.7. The number of rotatable bonds is 0. The number of aromatic nitrogens is 7. The number of pyridine rings is 3. The molecule has 18 heteroatoms. The second-order valence-corrected chi connectivity index (χ2v) is 13.0. The van der Waals surface area contributed by atoms with E-state index in [4.69, 9.17) is 27.7 Å². The normalized spacial score (nSPS) is 14.3. The first-order valence-electron chi connectivity index (χ1n) is 20.6. The molecule has 0 amide bonds. The van der Waals surface area contributed by atoms with Crippen LogP contribution in [0.2, 0.25) is 0 Å². The Morgan fingerprint density at radius 1 is 0.435 bits per heavy atom. The predicted octanol–water partition coefficient (Wildman–Crippen LogP) is 2.87. The topological polar surface area (TPSA) is 276 Å². The van der Waals surface area contributed by atoms with Gasteiger partial charge in [-0.2, -0.15) is 0 Å². The standard InChI is InChI=1S/C8H9N.2C5H6N2.C5H5N.2C4H5N3.C4H9N.C3H8N2.C3H7NO.C3H7N/c1-2-4-8-6-9-5-7(8)3-1;6-5-1-3-7-4-2-5;6-5-2-1-3-7-4-5;1-2-4-6-5-3-1;5-4-1-2-6-3-7-4;5-4-6-2-1-3-7-4;1-2-4-5-3-1;2*1-2-5-3-4-1;1-2-4-3-1/h1-4,9H,5-6H2;1-4H,(H2,6,7);1-4H,6H2;1-5H;2*1-3H,(H2,5,6,7);5H,1-4H2;4-5H,1-3H2;4H,1-3H2;4H,1-3H2. The third-order valence-electron chi connectivity index (χ3n) is 7.92. The number of nitrogens with one attached hydrogen (secondary N) is 6. The Morgan fingerprint density at radius 3 is 1.31 bits per heavy atom. The number of nitrogen functional groups attached to an aromatic ring is 4. The van der Waals surface area contributed by atoms with E-state index < -0.39 is 0 Å². The molecule has 0 atom stereocenters. The van der Waals surface area contributed by atoms with Gasteiger partial charge in [0.05, 0.1) is 19.0 Å². The molecule has 0 aliphatic carbocycles. The summed E-state index contributed by atoms with van der Waals surface area (Å²) in [6.45, 7) is 13.0. The van der Waals surface area contributed by atoms with Crippen LogP contribution in [0.5, 0.6) is 0 Å². The molecule has 6 aromatic rings. The van der Waals surface area contributed by atoms with Crippen LogP contribution in [0.1, 0.15) is 30.4 Å². The molecule has 4 saturated heterocycles. The molecule has 0 spiro atoms. The van der Waals surface area contributed by atoms with E-state index in [1.165, 1.54) is 62.9 Å². The largest absolute Gasteiger partial charge is 0.399 e. The van der Waals surface area contributed by atoms with Gasteiger partial charge < -0.3 is 54.3 Å². The van der Waals surface area contributed by atoms with Gasteiger partial charge in [-0.15, -0.1) is 0 Å². The highest BCUT2D eigenvalue weighted by atomic mass is 16.5. The first-order valence-corrected chi connectivity index (χ1v) is 20.6. The Morgan fingerprint density at radius 2 is 1.03 bits per heavy atom. The maximum absolute atomic E-state index is 5.32. The average molecular weight is 850 g/mol. The van der Waals surface area contributed by atoms with Crippen LogP contribution in [0.4, 0.5) is 23.1 Å². The van der Waals surface area contributed by atoms with Crippen LogP contribution >= 0.6 is 0 Å². The first kappa shape index (κ1) is 51.9. The molecule has 0 radical (unpaired) electrons. The summed E-state index contributed by atoms with van der Waals surface area (Å²) in [7, 11) is 0. The number of hydrogen-bond donors (Lipinski definition) is 10. The van der Waals surface area contributed by atoms with Crippen molar-refractivity contribution in [3.8, 4) is 0 Å². The van der Waals surface area contributed by atoms with Crippen LogP contribution in [0.15, 0.2) is 141 Å². The van der Waals surface area contributed by atoms with Gasteiger partial charge in [-0.05, 0) is 105 Å². The molecule has 0 bridgehead atoms. The highest BCUT2D eigenvalue weighted by Gasteiger charge is 2.06. The summed E-state index contributed by atoms with van der Waals surface area (Å²) < 4.78 is 4.83. The minimum atomic E-state index is 0.322. The van der Waals surface area contributed by atoms with Gasteiger partial charge >= 0.3 is 0 Å². The average Bonchev–Trinajstić information content (AvgIpc) is 4.17. The van der Waals surface area contributed by atoms with E-state index >= 15 is 0 Å². The smallest absolute Gasteiger partial charge is 0.219 e. The van der Waals surface area contributed by atoms with E-state index in [-0.39, 0.29) is 0 Å². The Balaban J connectivity index is 0.000000239. The number of hydrogen-bond acceptors (Lipinski definition) is 18. The Bertz CT molecular complexity index is 1540. The summed E-state index contributed by atoms with van der Waals surface area (Å²) >= 11 is 0. The van der Waals surface area contributed by atoms with Crippen molar-refractivity contribution >= 4 is 23.1 Å². The first-order chi connectivity index (χ1) is 30.5. The Kier molecular flexibility index (Phi) is 32.6. The number of fused-ring (bicyclic) bond motifs is 1. The van der Waals surface area contributed by atoms with Crippen molar-refractivity contribution in [1.82, 2.24) is 66.8 Å². The van der Waals surface area contributed by atoms with Gasteiger partial charge in [0, 0.05) is 101 Å². The second-order valence-electron chi connectivity index (χ2n) is 13.0. The van der Waals surface area contributed by atoms with Gasteiger partial charge in [0.1, 0.15) is 12.1 Å². The highest BCUT2D eigenvalue weighted by Crippen LogP contribution is 2.13.